The lowest BCUT2D eigenvalue weighted by Crippen LogP contribution is -2.16. The van der Waals surface area contributed by atoms with Crippen LogP contribution < -0.4 is 9.47 Å². The molecular formula is C47H70O4. The van der Waals surface area contributed by atoms with Crippen molar-refractivity contribution in [3.8, 4) is 22.6 Å². The number of ether oxygens (including phenoxy) is 3. The molecule has 0 fully saturated rings. The molecule has 0 heterocycles. The van der Waals surface area contributed by atoms with Crippen LogP contribution in [0.5, 0.6) is 11.5 Å². The van der Waals surface area contributed by atoms with Crippen molar-refractivity contribution in [3.05, 3.63) is 83.9 Å². The minimum atomic E-state index is -0.368. The molecule has 0 radical (unpaired) electrons. The Morgan fingerprint density at radius 3 is 1.49 bits per heavy atom. The third-order valence-corrected chi connectivity index (χ3v) is 10.0. The molecule has 0 saturated heterocycles. The van der Waals surface area contributed by atoms with Crippen LogP contribution in [0.25, 0.3) is 11.1 Å². The fraction of sp³-hybridized carbons (Fsp3) is 0.596. The van der Waals surface area contributed by atoms with Crippen molar-refractivity contribution in [2.45, 2.75) is 175 Å². The fourth-order valence-corrected chi connectivity index (χ4v) is 6.71. The molecule has 0 aliphatic carbocycles. The van der Waals surface area contributed by atoms with Crippen LogP contribution in [-0.4, -0.2) is 18.7 Å². The lowest BCUT2D eigenvalue weighted by Gasteiger charge is -2.18. The van der Waals surface area contributed by atoms with E-state index in [1.54, 1.807) is 12.1 Å². The zero-order chi connectivity index (χ0) is 36.4. The Kier molecular flexibility index (Phi) is 22.1. The number of carbonyl (C=O) groups excluding carboxylic acids is 1. The van der Waals surface area contributed by atoms with E-state index in [0.717, 1.165) is 55.6 Å². The summed E-state index contributed by atoms with van der Waals surface area (Å²) < 4.78 is 18.0. The van der Waals surface area contributed by atoms with Gasteiger partial charge >= 0.3 is 5.97 Å². The molecule has 0 spiro atoms. The summed E-state index contributed by atoms with van der Waals surface area (Å²) in [5, 5.41) is 0. The van der Waals surface area contributed by atoms with Gasteiger partial charge in [-0.05, 0) is 79.3 Å². The monoisotopic (exact) mass is 699 g/mol. The molecule has 0 bridgehead atoms. The van der Waals surface area contributed by atoms with Crippen molar-refractivity contribution in [1.82, 2.24) is 0 Å². The van der Waals surface area contributed by atoms with E-state index < -0.39 is 0 Å². The first-order chi connectivity index (χ1) is 25.0. The average Bonchev–Trinajstić information content (AvgIpc) is 3.16. The minimum absolute atomic E-state index is 0.0759. The van der Waals surface area contributed by atoms with Gasteiger partial charge in [0.05, 0.1) is 17.8 Å². The van der Waals surface area contributed by atoms with Crippen molar-refractivity contribution in [3.63, 3.8) is 0 Å². The Balaban J connectivity index is 1.28. The Morgan fingerprint density at radius 1 is 0.510 bits per heavy atom. The van der Waals surface area contributed by atoms with E-state index in [0.29, 0.717) is 11.3 Å². The van der Waals surface area contributed by atoms with Crippen molar-refractivity contribution in [2.24, 2.45) is 0 Å². The fourth-order valence-electron chi connectivity index (χ4n) is 6.71. The van der Waals surface area contributed by atoms with Gasteiger partial charge in [0.2, 0.25) is 0 Å². The van der Waals surface area contributed by atoms with Gasteiger partial charge in [-0.3, -0.25) is 0 Å². The summed E-state index contributed by atoms with van der Waals surface area (Å²) >= 11 is 0. The summed E-state index contributed by atoms with van der Waals surface area (Å²) in [5.41, 5.74) is 3.88. The van der Waals surface area contributed by atoms with Crippen LogP contribution in [0.3, 0.4) is 0 Å². The van der Waals surface area contributed by atoms with E-state index in [9.17, 15) is 4.79 Å². The van der Waals surface area contributed by atoms with E-state index in [-0.39, 0.29) is 18.2 Å². The molecule has 3 rings (SSSR count). The largest absolute Gasteiger partial charge is 0.490 e. The van der Waals surface area contributed by atoms with Gasteiger partial charge in [0.1, 0.15) is 11.5 Å². The van der Waals surface area contributed by atoms with E-state index in [1.807, 2.05) is 36.4 Å². The van der Waals surface area contributed by atoms with Crippen LogP contribution in [-0.2, 0) is 4.74 Å². The molecule has 0 aliphatic heterocycles. The van der Waals surface area contributed by atoms with Gasteiger partial charge in [0.15, 0.2) is 0 Å². The summed E-state index contributed by atoms with van der Waals surface area (Å²) in [7, 11) is 0. The molecule has 0 saturated carbocycles. The van der Waals surface area contributed by atoms with Crippen LogP contribution in [0, 0.1) is 0 Å². The zero-order valence-corrected chi connectivity index (χ0v) is 32.8. The summed E-state index contributed by atoms with van der Waals surface area (Å²) in [6.45, 7) is 9.63. The van der Waals surface area contributed by atoms with Crippen molar-refractivity contribution < 1.29 is 19.0 Å². The van der Waals surface area contributed by atoms with Crippen molar-refractivity contribution in [2.75, 3.05) is 6.61 Å². The first kappa shape index (κ1) is 42.3. The smallest absolute Gasteiger partial charge is 0.343 e. The maximum absolute atomic E-state index is 12.8. The van der Waals surface area contributed by atoms with Crippen LogP contribution in [0.4, 0.5) is 0 Å². The Bertz CT molecular complexity index is 1280. The molecule has 2 unspecified atom stereocenters. The third kappa shape index (κ3) is 17.8. The highest BCUT2D eigenvalue weighted by molar-refractivity contribution is 5.91. The molecule has 3 aromatic rings. The SMILES string of the molecule is CCCCCCCCCCCCCCCCCCOC(C)c1ccc(-c2ccc(C(=O)Oc3ccc(OC(CCC)CCCC)cc3)cc2)cc1. The predicted molar refractivity (Wildman–Crippen MR) is 216 cm³/mol. The molecule has 4 heteroatoms. The zero-order valence-electron chi connectivity index (χ0n) is 32.8. The quantitative estimate of drug-likeness (QED) is 0.0411. The van der Waals surface area contributed by atoms with E-state index in [4.69, 9.17) is 14.2 Å². The van der Waals surface area contributed by atoms with Crippen molar-refractivity contribution in [1.29, 1.82) is 0 Å². The number of carbonyl (C=O) groups is 1. The topological polar surface area (TPSA) is 44.8 Å². The van der Waals surface area contributed by atoms with Crippen molar-refractivity contribution >= 4 is 5.97 Å². The first-order valence-electron chi connectivity index (χ1n) is 20.8. The van der Waals surface area contributed by atoms with Gasteiger partial charge in [-0.1, -0.05) is 173 Å². The molecule has 0 aromatic heterocycles. The van der Waals surface area contributed by atoms with Gasteiger partial charge in [0, 0.05) is 6.61 Å². The number of hydrogen-bond acceptors (Lipinski definition) is 4. The number of unbranched alkanes of at least 4 members (excludes halogenated alkanes) is 16. The second kappa shape index (κ2) is 26.6. The molecule has 2 atom stereocenters. The van der Waals surface area contributed by atoms with Crippen LogP contribution in [0.15, 0.2) is 72.8 Å². The van der Waals surface area contributed by atoms with E-state index in [2.05, 4.69) is 52.0 Å². The maximum Gasteiger partial charge on any atom is 0.343 e. The minimum Gasteiger partial charge on any atom is -0.490 e. The maximum atomic E-state index is 12.8. The van der Waals surface area contributed by atoms with Gasteiger partial charge in [-0.25, -0.2) is 4.79 Å². The summed E-state index contributed by atoms with van der Waals surface area (Å²) in [6, 6.07) is 23.6. The highest BCUT2D eigenvalue weighted by Gasteiger charge is 2.12. The molecule has 51 heavy (non-hydrogen) atoms. The van der Waals surface area contributed by atoms with Gasteiger partial charge < -0.3 is 14.2 Å². The second-order valence-electron chi connectivity index (χ2n) is 14.5. The number of esters is 1. The van der Waals surface area contributed by atoms with Crippen LogP contribution in [0.2, 0.25) is 0 Å². The molecule has 0 aliphatic rings. The molecular weight excluding hydrogens is 629 g/mol. The summed E-state index contributed by atoms with van der Waals surface area (Å²) in [4.78, 5) is 12.8. The Morgan fingerprint density at radius 2 is 0.980 bits per heavy atom. The normalized spacial score (nSPS) is 12.5. The van der Waals surface area contributed by atoms with Crippen LogP contribution in [0.1, 0.15) is 185 Å². The highest BCUT2D eigenvalue weighted by Crippen LogP contribution is 2.26. The first-order valence-corrected chi connectivity index (χ1v) is 20.8. The van der Waals surface area contributed by atoms with Gasteiger partial charge in [-0.15, -0.1) is 0 Å². The summed E-state index contributed by atoms with van der Waals surface area (Å²) in [6.07, 6.45) is 27.9. The highest BCUT2D eigenvalue weighted by atomic mass is 16.5. The number of rotatable bonds is 29. The lowest BCUT2D eigenvalue weighted by molar-refractivity contribution is 0.0627. The van der Waals surface area contributed by atoms with E-state index >= 15 is 0 Å². The second-order valence-corrected chi connectivity index (χ2v) is 14.5. The number of benzene rings is 3. The number of hydrogen-bond donors (Lipinski definition) is 0. The molecule has 282 valence electrons. The average molecular weight is 699 g/mol. The lowest BCUT2D eigenvalue weighted by atomic mass is 10.0. The van der Waals surface area contributed by atoms with Crippen LogP contribution >= 0.6 is 0 Å². The summed E-state index contributed by atoms with van der Waals surface area (Å²) in [5.74, 6) is 0.961. The Labute approximate surface area is 312 Å². The Hall–Kier alpha value is -3.11. The molecule has 3 aromatic carbocycles. The molecule has 4 nitrogen and oxygen atoms in total. The third-order valence-electron chi connectivity index (χ3n) is 10.0. The molecule has 0 N–H and O–H groups in total. The van der Waals surface area contributed by atoms with Gasteiger partial charge in [-0.2, -0.15) is 0 Å². The standard InChI is InChI=1S/C47H70O4/c1-5-8-10-11-12-13-14-15-16-17-18-19-20-21-22-23-38-49-39(4)40-26-28-41(29-27-40)42-30-32-43(33-31-42)47(48)51-46-36-34-45(35-37-46)50-44(24-7-3)25-9-6-2/h26-37,39,44H,5-25,38H2,1-4H3. The van der Waals surface area contributed by atoms with E-state index in [1.165, 1.54) is 108 Å². The van der Waals surface area contributed by atoms with Gasteiger partial charge in [0.25, 0.3) is 0 Å². The predicted octanol–water partition coefficient (Wildman–Crippen LogP) is 14.6. The molecule has 0 amide bonds.